The minimum absolute atomic E-state index is 0.00782. The maximum atomic E-state index is 14.4. The summed E-state index contributed by atoms with van der Waals surface area (Å²) in [6, 6.07) is 14.0. The molecule has 11 heteroatoms. The molecule has 11 nitrogen and oxygen atoms in total. The fourth-order valence-corrected chi connectivity index (χ4v) is 7.39. The number of oxime groups is 1. The van der Waals surface area contributed by atoms with E-state index in [1.165, 1.54) is 11.0 Å². The van der Waals surface area contributed by atoms with E-state index in [2.05, 4.69) is 34.5 Å². The highest BCUT2D eigenvalue weighted by molar-refractivity contribution is 6.14. The summed E-state index contributed by atoms with van der Waals surface area (Å²) in [6.07, 6.45) is 5.48. The first kappa shape index (κ1) is 34.2. The van der Waals surface area contributed by atoms with Gasteiger partial charge < -0.3 is 30.2 Å². The highest BCUT2D eigenvalue weighted by atomic mass is 16.6. The van der Waals surface area contributed by atoms with Gasteiger partial charge in [-0.1, -0.05) is 80.5 Å². The summed E-state index contributed by atoms with van der Waals surface area (Å²) in [7, 11) is 0. The van der Waals surface area contributed by atoms with E-state index >= 15 is 0 Å². The lowest BCUT2D eigenvalue weighted by atomic mass is 9.85. The van der Waals surface area contributed by atoms with E-state index in [1.807, 2.05) is 57.2 Å². The molecule has 1 heterocycles. The van der Waals surface area contributed by atoms with Crippen LogP contribution in [0.5, 0.6) is 0 Å². The highest BCUT2D eigenvalue weighted by Crippen LogP contribution is 2.45. The highest BCUT2D eigenvalue weighted by Gasteiger charge is 2.61. The van der Waals surface area contributed by atoms with Crippen molar-refractivity contribution in [2.24, 2.45) is 16.5 Å². The number of nitrogens with one attached hydrogen (secondary N) is 2. The number of likely N-dealkylation sites (tertiary alicyclic amines) is 1. The van der Waals surface area contributed by atoms with Crippen LogP contribution in [0.15, 0.2) is 66.3 Å². The fraction of sp³-hybridized carbons (Fsp3) is 0.500. The van der Waals surface area contributed by atoms with Crippen LogP contribution in [0.25, 0.3) is 0 Å². The first-order valence-corrected chi connectivity index (χ1v) is 17.3. The number of carbonyl (C=O) groups is 4. The Labute approximate surface area is 287 Å². The lowest BCUT2D eigenvalue weighted by molar-refractivity contribution is -0.146. The Kier molecular flexibility index (Phi) is 9.55. The Morgan fingerprint density at radius 1 is 1.00 bits per heavy atom. The van der Waals surface area contributed by atoms with Gasteiger partial charge in [0.15, 0.2) is 0 Å². The van der Waals surface area contributed by atoms with Crippen LogP contribution in [0.4, 0.5) is 4.79 Å². The molecule has 0 unspecified atom stereocenters. The van der Waals surface area contributed by atoms with Gasteiger partial charge in [-0.3, -0.25) is 9.59 Å². The number of carboxylic acids is 1. The fourth-order valence-electron chi connectivity index (χ4n) is 7.39. The third kappa shape index (κ3) is 7.07. The predicted octanol–water partition coefficient (Wildman–Crippen LogP) is 4.75. The van der Waals surface area contributed by atoms with Crippen LogP contribution >= 0.6 is 0 Å². The topological polar surface area (TPSA) is 147 Å². The number of ether oxygens (including phenoxy) is 1. The third-order valence-corrected chi connectivity index (χ3v) is 10.3. The number of nitrogens with zero attached hydrogens (tertiary/aromatic N) is 2. The second-order valence-electron chi connectivity index (χ2n) is 14.8. The third-order valence-electron chi connectivity index (χ3n) is 10.3. The number of aryl methyl sites for hydroxylation is 2. The van der Waals surface area contributed by atoms with Gasteiger partial charge in [-0.15, -0.1) is 6.58 Å². The van der Waals surface area contributed by atoms with Gasteiger partial charge in [0.2, 0.25) is 11.8 Å². The minimum atomic E-state index is -1.48. The number of alkyl carbamates (subject to hydrolysis) is 1. The van der Waals surface area contributed by atoms with Gasteiger partial charge in [-0.25, -0.2) is 9.59 Å². The first-order chi connectivity index (χ1) is 23.4. The van der Waals surface area contributed by atoms with Crippen LogP contribution < -0.4 is 10.6 Å². The SMILES string of the molecule is C=C[C@@H]1C[C@@]1(NC(=O)[C@@H]1C[C@@H](ON=C2c3ccccc3CCc3ccccc32)CN1C(=O)[C@@H](NC(=O)OC1CCCC1)C(C)(C)C)C(=O)O. The Bertz CT molecular complexity index is 1610. The molecule has 3 N–H and O–H groups in total. The van der Waals surface area contributed by atoms with Gasteiger partial charge in [0.25, 0.3) is 0 Å². The van der Waals surface area contributed by atoms with Gasteiger partial charge in [-0.05, 0) is 61.5 Å². The van der Waals surface area contributed by atoms with Crippen molar-refractivity contribution in [1.82, 2.24) is 15.5 Å². The van der Waals surface area contributed by atoms with Crippen molar-refractivity contribution in [2.75, 3.05) is 6.54 Å². The Morgan fingerprint density at radius 3 is 2.16 bits per heavy atom. The summed E-state index contributed by atoms with van der Waals surface area (Å²) >= 11 is 0. The summed E-state index contributed by atoms with van der Waals surface area (Å²) in [6.45, 7) is 9.21. The number of hydrogen-bond acceptors (Lipinski definition) is 7. The average Bonchev–Trinajstić information content (AvgIpc) is 3.34. The Hall–Kier alpha value is -4.67. The number of amides is 3. The van der Waals surface area contributed by atoms with E-state index in [0.717, 1.165) is 60.8 Å². The summed E-state index contributed by atoms with van der Waals surface area (Å²) in [5.74, 6) is -2.68. The second kappa shape index (κ2) is 13.7. The van der Waals surface area contributed by atoms with E-state index in [-0.39, 0.29) is 25.5 Å². The van der Waals surface area contributed by atoms with Crippen LogP contribution in [0.1, 0.15) is 81.5 Å². The maximum Gasteiger partial charge on any atom is 0.408 e. The standard InChI is InChI=1S/C38H46N4O7/c1-5-25-21-38(25,35(45)46)40-33(43)30-20-27(22-42(30)34(44)32(37(2,3)4)39-36(47)48-26-14-8-9-15-26)49-41-31-28-16-10-6-12-23(28)18-19-24-13-7-11-17-29(24)31/h5-7,10-13,16-17,25-27,30,32H,1,8-9,14-15,18-22H2,2-4H3,(H,39,47)(H,40,43)(H,45,46)/t25-,27-,30+,32-,38+/m1/s1. The van der Waals surface area contributed by atoms with Crippen molar-refractivity contribution in [2.45, 2.75) is 102 Å². The van der Waals surface area contributed by atoms with Crippen LogP contribution in [0.2, 0.25) is 0 Å². The molecule has 1 aliphatic heterocycles. The molecule has 0 aromatic heterocycles. The van der Waals surface area contributed by atoms with Gasteiger partial charge in [0, 0.05) is 23.5 Å². The number of rotatable bonds is 9. The summed E-state index contributed by atoms with van der Waals surface area (Å²) < 4.78 is 5.63. The molecule has 2 aromatic carbocycles. The molecule has 49 heavy (non-hydrogen) atoms. The smallest absolute Gasteiger partial charge is 0.408 e. The van der Waals surface area contributed by atoms with E-state index < -0.39 is 58.9 Å². The van der Waals surface area contributed by atoms with Crippen LogP contribution in [-0.4, -0.2) is 76.0 Å². The van der Waals surface area contributed by atoms with Crippen molar-refractivity contribution >= 4 is 29.6 Å². The van der Waals surface area contributed by atoms with Crippen molar-refractivity contribution in [3.05, 3.63) is 83.4 Å². The quantitative estimate of drug-likeness (QED) is 0.258. The number of fused-ring (bicyclic) bond motifs is 2. The number of benzene rings is 2. The molecule has 2 aromatic rings. The van der Waals surface area contributed by atoms with Crippen LogP contribution in [-0.2, 0) is 36.8 Å². The summed E-state index contributed by atoms with van der Waals surface area (Å²) in [5.41, 5.74) is 2.65. The molecular formula is C38H46N4O7. The molecule has 0 radical (unpaired) electrons. The van der Waals surface area contributed by atoms with Crippen molar-refractivity contribution in [3.8, 4) is 0 Å². The molecule has 3 amide bonds. The largest absolute Gasteiger partial charge is 0.479 e. The van der Waals surface area contributed by atoms with Gasteiger partial charge >= 0.3 is 12.1 Å². The van der Waals surface area contributed by atoms with Crippen LogP contribution in [0.3, 0.4) is 0 Å². The lowest BCUT2D eigenvalue weighted by Crippen LogP contribution is -2.59. The molecule has 0 bridgehead atoms. The zero-order valence-corrected chi connectivity index (χ0v) is 28.4. The van der Waals surface area contributed by atoms with E-state index in [9.17, 15) is 24.3 Å². The summed E-state index contributed by atoms with van der Waals surface area (Å²) in [4.78, 5) is 61.2. The Morgan fingerprint density at radius 2 is 1.61 bits per heavy atom. The zero-order valence-electron chi connectivity index (χ0n) is 28.4. The second-order valence-corrected chi connectivity index (χ2v) is 14.8. The van der Waals surface area contributed by atoms with E-state index in [4.69, 9.17) is 9.57 Å². The van der Waals surface area contributed by atoms with Gasteiger partial charge in [-0.2, -0.15) is 0 Å². The van der Waals surface area contributed by atoms with Gasteiger partial charge in [0.1, 0.15) is 35.5 Å². The maximum absolute atomic E-state index is 14.4. The molecule has 4 aliphatic rings. The van der Waals surface area contributed by atoms with Crippen molar-refractivity contribution in [3.63, 3.8) is 0 Å². The number of carboxylic acid groups (broad SMARTS) is 1. The minimum Gasteiger partial charge on any atom is -0.479 e. The lowest BCUT2D eigenvalue weighted by Gasteiger charge is -2.35. The van der Waals surface area contributed by atoms with Crippen molar-refractivity contribution in [1.29, 1.82) is 0 Å². The van der Waals surface area contributed by atoms with Gasteiger partial charge in [0.05, 0.1) is 6.54 Å². The number of carbonyl (C=O) groups excluding carboxylic acids is 3. The number of hydrogen-bond donors (Lipinski definition) is 3. The molecule has 5 atom stereocenters. The summed E-state index contributed by atoms with van der Waals surface area (Å²) in [5, 5.41) is 20.2. The predicted molar refractivity (Wildman–Crippen MR) is 183 cm³/mol. The monoisotopic (exact) mass is 670 g/mol. The normalized spacial score (nSPS) is 25.2. The molecule has 0 spiro atoms. The van der Waals surface area contributed by atoms with E-state index in [0.29, 0.717) is 5.71 Å². The van der Waals surface area contributed by atoms with E-state index in [1.54, 1.807) is 0 Å². The molecule has 2 saturated carbocycles. The molecule has 6 rings (SSSR count). The zero-order chi connectivity index (χ0) is 34.9. The molecular weight excluding hydrogens is 624 g/mol. The molecule has 260 valence electrons. The average molecular weight is 671 g/mol. The number of aliphatic carboxylic acids is 1. The Balaban J connectivity index is 1.29. The molecule has 1 saturated heterocycles. The molecule has 3 aliphatic carbocycles. The molecule has 3 fully saturated rings. The van der Waals surface area contributed by atoms with Crippen molar-refractivity contribution < 1.29 is 33.9 Å². The van der Waals surface area contributed by atoms with Crippen LogP contribution in [0, 0.1) is 11.3 Å². The first-order valence-electron chi connectivity index (χ1n) is 17.3.